The second-order valence-electron chi connectivity index (χ2n) is 7.34. The maximum Gasteiger partial charge on any atom is 0.317 e. The van der Waals surface area contributed by atoms with Crippen LogP contribution in [0.3, 0.4) is 0 Å². The predicted octanol–water partition coefficient (Wildman–Crippen LogP) is 3.14. The number of amides is 2. The number of carbonyl (C=O) groups excluding carboxylic acids is 1. The van der Waals surface area contributed by atoms with Gasteiger partial charge in [-0.2, -0.15) is 0 Å². The van der Waals surface area contributed by atoms with Crippen LogP contribution in [-0.4, -0.2) is 61.7 Å². The molecule has 0 aliphatic carbocycles. The molecule has 1 unspecified atom stereocenters. The lowest BCUT2D eigenvalue weighted by Crippen LogP contribution is -2.48. The van der Waals surface area contributed by atoms with Crippen LogP contribution in [0.5, 0.6) is 5.75 Å². The van der Waals surface area contributed by atoms with Gasteiger partial charge in [-0.25, -0.2) is 4.79 Å². The van der Waals surface area contributed by atoms with Crippen molar-refractivity contribution in [1.29, 1.82) is 0 Å². The third kappa shape index (κ3) is 6.58. The van der Waals surface area contributed by atoms with Crippen LogP contribution in [-0.2, 0) is 0 Å². The van der Waals surface area contributed by atoms with Crippen LogP contribution in [0.25, 0.3) is 0 Å². The number of aryl methyl sites for hydroxylation is 1. The molecule has 1 aliphatic heterocycles. The Morgan fingerprint density at radius 2 is 1.96 bits per heavy atom. The molecule has 5 nitrogen and oxygen atoms in total. The Morgan fingerprint density at radius 1 is 1.32 bits per heavy atom. The Kier molecular flexibility index (Phi) is 7.56. The molecule has 1 N–H and O–H groups in total. The number of ether oxygens (including phenoxy) is 1. The first kappa shape index (κ1) is 19.6. The molecule has 0 radical (unpaired) electrons. The Hall–Kier alpha value is -1.75. The topological polar surface area (TPSA) is 44.8 Å². The van der Waals surface area contributed by atoms with Crippen molar-refractivity contribution in [1.82, 2.24) is 15.1 Å². The number of hydrogen-bond donors (Lipinski definition) is 1. The zero-order chi connectivity index (χ0) is 18.2. The van der Waals surface area contributed by atoms with Crippen molar-refractivity contribution in [2.24, 2.45) is 5.92 Å². The third-order valence-corrected chi connectivity index (χ3v) is 5.05. The van der Waals surface area contributed by atoms with Gasteiger partial charge in [0.2, 0.25) is 0 Å². The minimum absolute atomic E-state index is 0.0373. The summed E-state index contributed by atoms with van der Waals surface area (Å²) in [6.45, 7) is 10.6. The summed E-state index contributed by atoms with van der Waals surface area (Å²) in [5.74, 6) is 1.67. The first-order valence-corrected chi connectivity index (χ1v) is 9.38. The van der Waals surface area contributed by atoms with Gasteiger partial charge in [-0.05, 0) is 57.8 Å². The lowest BCUT2D eigenvalue weighted by atomic mass is 9.98. The van der Waals surface area contributed by atoms with E-state index in [1.807, 2.05) is 31.2 Å². The van der Waals surface area contributed by atoms with E-state index in [4.69, 9.17) is 4.74 Å². The average Bonchev–Trinajstić information content (AvgIpc) is 2.61. The number of likely N-dealkylation sites (tertiary alicyclic amines) is 1. The van der Waals surface area contributed by atoms with Gasteiger partial charge in [0.15, 0.2) is 0 Å². The molecule has 0 saturated carbocycles. The third-order valence-electron chi connectivity index (χ3n) is 5.05. The van der Waals surface area contributed by atoms with Gasteiger partial charge in [0.25, 0.3) is 0 Å². The first-order chi connectivity index (χ1) is 12.0. The summed E-state index contributed by atoms with van der Waals surface area (Å²) in [6.07, 6.45) is 2.52. The highest BCUT2D eigenvalue weighted by Gasteiger charge is 2.20. The summed E-state index contributed by atoms with van der Waals surface area (Å²) in [6, 6.07) is 8.30. The molecule has 1 aromatic carbocycles. The molecule has 0 bridgehead atoms. The normalized spacial score (nSPS) is 17.1. The number of likely N-dealkylation sites (N-methyl/N-ethyl adjacent to an activating group) is 1. The van der Waals surface area contributed by atoms with Crippen LogP contribution < -0.4 is 10.1 Å². The van der Waals surface area contributed by atoms with Crippen molar-refractivity contribution in [3.63, 3.8) is 0 Å². The zero-order valence-electron chi connectivity index (χ0n) is 16.1. The molecular weight excluding hydrogens is 314 g/mol. The Labute approximate surface area is 152 Å². The quantitative estimate of drug-likeness (QED) is 0.824. The molecule has 5 heteroatoms. The number of hydrogen-bond acceptors (Lipinski definition) is 3. The van der Waals surface area contributed by atoms with Crippen molar-refractivity contribution in [2.45, 2.75) is 39.7 Å². The number of benzene rings is 1. The number of carbonyl (C=O) groups is 1. The van der Waals surface area contributed by atoms with Crippen molar-refractivity contribution in [3.05, 3.63) is 29.8 Å². The SMILES string of the molecule is Cc1ccc(OCCN(C)C(=O)NCC(C)N2CCC(C)CC2)cc1. The van der Waals surface area contributed by atoms with Gasteiger partial charge in [-0.1, -0.05) is 24.6 Å². The second kappa shape index (κ2) is 9.66. The van der Waals surface area contributed by atoms with Crippen molar-refractivity contribution in [2.75, 3.05) is 39.8 Å². The predicted molar refractivity (Wildman–Crippen MR) is 102 cm³/mol. The molecule has 0 aromatic heterocycles. The van der Waals surface area contributed by atoms with Gasteiger partial charge in [-0.15, -0.1) is 0 Å². The molecule has 2 rings (SSSR count). The zero-order valence-corrected chi connectivity index (χ0v) is 16.1. The summed E-state index contributed by atoms with van der Waals surface area (Å²) in [7, 11) is 1.81. The van der Waals surface area contributed by atoms with Crippen LogP contribution in [0, 0.1) is 12.8 Å². The number of piperidine rings is 1. The van der Waals surface area contributed by atoms with Crippen LogP contribution in [0.2, 0.25) is 0 Å². The Balaban J connectivity index is 1.63. The summed E-state index contributed by atoms with van der Waals surface area (Å²) in [5.41, 5.74) is 1.21. The van der Waals surface area contributed by atoms with Gasteiger partial charge in [-0.3, -0.25) is 4.90 Å². The molecule has 0 spiro atoms. The van der Waals surface area contributed by atoms with Gasteiger partial charge < -0.3 is 15.0 Å². The van der Waals surface area contributed by atoms with Crippen LogP contribution in [0.15, 0.2) is 24.3 Å². The number of rotatable bonds is 7. The van der Waals surface area contributed by atoms with Crippen LogP contribution >= 0.6 is 0 Å². The van der Waals surface area contributed by atoms with Crippen molar-refractivity contribution >= 4 is 6.03 Å². The smallest absolute Gasteiger partial charge is 0.317 e. The molecule has 1 saturated heterocycles. The number of nitrogens with zero attached hydrogens (tertiary/aromatic N) is 2. The molecule has 2 amide bonds. The van der Waals surface area contributed by atoms with E-state index in [0.29, 0.717) is 25.7 Å². The standard InChI is InChI=1S/C20H33N3O2/c1-16-5-7-19(8-6-16)25-14-13-22(4)20(24)21-15-18(3)23-11-9-17(2)10-12-23/h5-8,17-18H,9-15H2,1-4H3,(H,21,24). The maximum absolute atomic E-state index is 12.2. The average molecular weight is 348 g/mol. The van der Waals surface area contributed by atoms with Gasteiger partial charge in [0.1, 0.15) is 12.4 Å². The van der Waals surface area contributed by atoms with Crippen LogP contribution in [0.4, 0.5) is 4.79 Å². The summed E-state index contributed by atoms with van der Waals surface area (Å²) < 4.78 is 5.68. The fourth-order valence-electron chi connectivity index (χ4n) is 3.00. The molecule has 1 aromatic rings. The fourth-order valence-corrected chi connectivity index (χ4v) is 3.00. The van der Waals surface area contributed by atoms with Gasteiger partial charge in [0.05, 0.1) is 6.54 Å². The molecular formula is C20H33N3O2. The van der Waals surface area contributed by atoms with E-state index in [1.165, 1.54) is 18.4 Å². The van der Waals surface area contributed by atoms with E-state index in [-0.39, 0.29) is 6.03 Å². The molecule has 1 atom stereocenters. The molecule has 140 valence electrons. The molecule has 1 aliphatic rings. The maximum atomic E-state index is 12.2. The van der Waals surface area contributed by atoms with Crippen LogP contribution in [0.1, 0.15) is 32.3 Å². The van der Waals surface area contributed by atoms with E-state index >= 15 is 0 Å². The first-order valence-electron chi connectivity index (χ1n) is 9.38. The largest absolute Gasteiger partial charge is 0.492 e. The monoisotopic (exact) mass is 347 g/mol. The number of nitrogens with one attached hydrogen (secondary N) is 1. The number of urea groups is 1. The lowest BCUT2D eigenvalue weighted by Gasteiger charge is -2.35. The van der Waals surface area contributed by atoms with Gasteiger partial charge >= 0.3 is 6.03 Å². The summed E-state index contributed by atoms with van der Waals surface area (Å²) in [4.78, 5) is 16.4. The van der Waals surface area contributed by atoms with E-state index in [0.717, 1.165) is 24.8 Å². The minimum Gasteiger partial charge on any atom is -0.492 e. The fraction of sp³-hybridized carbons (Fsp3) is 0.650. The highest BCUT2D eigenvalue weighted by Crippen LogP contribution is 2.17. The lowest BCUT2D eigenvalue weighted by molar-refractivity contribution is 0.142. The Morgan fingerprint density at radius 3 is 2.60 bits per heavy atom. The second-order valence-corrected chi connectivity index (χ2v) is 7.34. The molecule has 1 fully saturated rings. The molecule has 25 heavy (non-hydrogen) atoms. The van der Waals surface area contributed by atoms with E-state index in [9.17, 15) is 4.79 Å². The van der Waals surface area contributed by atoms with E-state index < -0.39 is 0 Å². The molecule has 1 heterocycles. The van der Waals surface area contributed by atoms with E-state index in [2.05, 4.69) is 24.1 Å². The highest BCUT2D eigenvalue weighted by atomic mass is 16.5. The Bertz CT molecular complexity index is 524. The minimum atomic E-state index is -0.0373. The summed E-state index contributed by atoms with van der Waals surface area (Å²) in [5, 5.41) is 3.04. The van der Waals surface area contributed by atoms with Crippen molar-refractivity contribution in [3.8, 4) is 5.75 Å². The highest BCUT2D eigenvalue weighted by molar-refractivity contribution is 5.73. The summed E-state index contributed by atoms with van der Waals surface area (Å²) >= 11 is 0. The van der Waals surface area contributed by atoms with Crippen molar-refractivity contribution < 1.29 is 9.53 Å². The van der Waals surface area contributed by atoms with Gasteiger partial charge in [0, 0.05) is 19.6 Å². The van der Waals surface area contributed by atoms with E-state index in [1.54, 1.807) is 11.9 Å².